The molecule has 84 valence electrons. The van der Waals surface area contributed by atoms with Gasteiger partial charge in [-0.2, -0.15) is 5.10 Å². The molecule has 1 rings (SSSR count). The Balaban J connectivity index is 2.73. The molecule has 0 saturated heterocycles. The van der Waals surface area contributed by atoms with Crippen molar-refractivity contribution < 1.29 is 9.90 Å². The van der Waals surface area contributed by atoms with Gasteiger partial charge in [-0.05, 0) is 19.4 Å². The maximum absolute atomic E-state index is 11.0. The first-order chi connectivity index (χ1) is 7.04. The second-order valence-electron chi connectivity index (χ2n) is 3.48. The van der Waals surface area contributed by atoms with E-state index in [2.05, 4.69) is 5.10 Å². The van der Waals surface area contributed by atoms with E-state index >= 15 is 0 Å². The molecule has 0 fully saturated rings. The minimum absolute atomic E-state index is 0.371. The number of hydrogen-bond acceptors (Lipinski definition) is 3. The molecular formula is C10H16N2O2S. The lowest BCUT2D eigenvalue weighted by atomic mass is 10.2. The molecule has 0 saturated carbocycles. The minimum atomic E-state index is -0.749. The summed E-state index contributed by atoms with van der Waals surface area (Å²) in [5.41, 5.74) is 0.917. The lowest BCUT2D eigenvalue weighted by molar-refractivity contribution is -0.136. The number of carboxylic acids is 1. The van der Waals surface area contributed by atoms with E-state index in [0.29, 0.717) is 6.42 Å². The monoisotopic (exact) mass is 228 g/mol. The summed E-state index contributed by atoms with van der Waals surface area (Å²) in [5.74, 6) is -0.749. The molecule has 0 aliphatic rings. The van der Waals surface area contributed by atoms with Crippen molar-refractivity contribution in [1.29, 1.82) is 0 Å². The van der Waals surface area contributed by atoms with Crippen molar-refractivity contribution in [3.05, 3.63) is 11.8 Å². The third kappa shape index (κ3) is 3.27. The van der Waals surface area contributed by atoms with Crippen LogP contribution in [0.2, 0.25) is 0 Å². The SMILES string of the molecule is CCCC(Sc1cc(C)nn1C)C(=O)O. The van der Waals surface area contributed by atoms with Crippen LogP contribution in [-0.2, 0) is 11.8 Å². The molecule has 1 unspecified atom stereocenters. The smallest absolute Gasteiger partial charge is 0.317 e. The third-order valence-corrected chi connectivity index (χ3v) is 3.39. The van der Waals surface area contributed by atoms with Crippen LogP contribution in [0.1, 0.15) is 25.5 Å². The van der Waals surface area contributed by atoms with Gasteiger partial charge in [0.05, 0.1) is 10.7 Å². The van der Waals surface area contributed by atoms with Crippen LogP contribution in [0.4, 0.5) is 0 Å². The number of thioether (sulfide) groups is 1. The van der Waals surface area contributed by atoms with Crippen LogP contribution in [0.3, 0.4) is 0 Å². The Kier molecular flexibility index (Phi) is 4.20. The molecule has 1 heterocycles. The van der Waals surface area contributed by atoms with Crippen LogP contribution in [0.5, 0.6) is 0 Å². The van der Waals surface area contributed by atoms with Crippen LogP contribution in [0.25, 0.3) is 0 Å². The van der Waals surface area contributed by atoms with Gasteiger partial charge in [0, 0.05) is 7.05 Å². The Labute approximate surface area is 93.7 Å². The molecule has 4 nitrogen and oxygen atoms in total. The molecular weight excluding hydrogens is 212 g/mol. The Hall–Kier alpha value is -0.970. The van der Waals surface area contributed by atoms with Gasteiger partial charge in [-0.25, -0.2) is 0 Å². The molecule has 5 heteroatoms. The quantitative estimate of drug-likeness (QED) is 0.784. The molecule has 1 aromatic heterocycles. The van der Waals surface area contributed by atoms with E-state index in [-0.39, 0.29) is 5.25 Å². The number of aromatic nitrogens is 2. The Morgan fingerprint density at radius 3 is 2.80 bits per heavy atom. The average Bonchev–Trinajstić information content (AvgIpc) is 2.44. The molecule has 1 atom stereocenters. The highest BCUT2D eigenvalue weighted by Gasteiger charge is 2.19. The van der Waals surface area contributed by atoms with Gasteiger partial charge in [0.2, 0.25) is 0 Å². The predicted molar refractivity (Wildman–Crippen MR) is 60.1 cm³/mol. The second-order valence-corrected chi connectivity index (χ2v) is 4.70. The number of carboxylic acid groups (broad SMARTS) is 1. The van der Waals surface area contributed by atoms with Gasteiger partial charge in [0.1, 0.15) is 5.25 Å². The zero-order valence-corrected chi connectivity index (χ0v) is 10.0. The van der Waals surface area contributed by atoms with Gasteiger partial charge in [0.15, 0.2) is 0 Å². The first-order valence-electron chi connectivity index (χ1n) is 4.94. The molecule has 0 aliphatic carbocycles. The Morgan fingerprint density at radius 1 is 1.73 bits per heavy atom. The van der Waals surface area contributed by atoms with Gasteiger partial charge in [-0.1, -0.05) is 25.1 Å². The lowest BCUT2D eigenvalue weighted by Crippen LogP contribution is -2.16. The van der Waals surface area contributed by atoms with Crippen LogP contribution < -0.4 is 0 Å². The van der Waals surface area contributed by atoms with E-state index in [1.807, 2.05) is 27.0 Å². The molecule has 0 radical (unpaired) electrons. The fourth-order valence-corrected chi connectivity index (χ4v) is 2.52. The van der Waals surface area contributed by atoms with E-state index in [1.54, 1.807) is 4.68 Å². The lowest BCUT2D eigenvalue weighted by Gasteiger charge is -2.10. The minimum Gasteiger partial charge on any atom is -0.480 e. The van der Waals surface area contributed by atoms with E-state index < -0.39 is 5.97 Å². The second kappa shape index (κ2) is 5.21. The maximum Gasteiger partial charge on any atom is 0.317 e. The molecule has 0 spiro atoms. The van der Waals surface area contributed by atoms with E-state index in [9.17, 15) is 4.79 Å². The highest BCUT2D eigenvalue weighted by atomic mass is 32.2. The summed E-state index contributed by atoms with van der Waals surface area (Å²) in [6, 6.07) is 1.91. The topological polar surface area (TPSA) is 55.1 Å². The van der Waals surface area contributed by atoms with Crippen LogP contribution >= 0.6 is 11.8 Å². The van der Waals surface area contributed by atoms with E-state index in [0.717, 1.165) is 17.1 Å². The van der Waals surface area contributed by atoms with Crippen molar-refractivity contribution in [3.8, 4) is 0 Å². The van der Waals surface area contributed by atoms with Gasteiger partial charge in [-0.15, -0.1) is 0 Å². The molecule has 0 aromatic carbocycles. The summed E-state index contributed by atoms with van der Waals surface area (Å²) in [5, 5.41) is 13.7. The number of hydrogen-bond donors (Lipinski definition) is 1. The van der Waals surface area contributed by atoms with Gasteiger partial charge in [0.25, 0.3) is 0 Å². The Morgan fingerprint density at radius 2 is 2.40 bits per heavy atom. The molecule has 0 aliphatic heterocycles. The summed E-state index contributed by atoms with van der Waals surface area (Å²) >= 11 is 1.37. The van der Waals surface area contributed by atoms with Crippen molar-refractivity contribution >= 4 is 17.7 Å². The molecule has 1 aromatic rings. The number of aliphatic carboxylic acids is 1. The summed E-state index contributed by atoms with van der Waals surface area (Å²) in [6.07, 6.45) is 1.56. The molecule has 0 amide bonds. The molecule has 1 N–H and O–H groups in total. The summed E-state index contributed by atoms with van der Waals surface area (Å²) in [6.45, 7) is 3.89. The van der Waals surface area contributed by atoms with E-state index in [4.69, 9.17) is 5.11 Å². The zero-order valence-electron chi connectivity index (χ0n) is 9.23. The first kappa shape index (κ1) is 12.1. The predicted octanol–water partition coefficient (Wildman–Crippen LogP) is 2.07. The summed E-state index contributed by atoms with van der Waals surface area (Å²) < 4.78 is 1.73. The first-order valence-corrected chi connectivity index (χ1v) is 5.82. The van der Waals surface area contributed by atoms with Crippen molar-refractivity contribution in [2.45, 2.75) is 37.0 Å². The average molecular weight is 228 g/mol. The van der Waals surface area contributed by atoms with Gasteiger partial charge >= 0.3 is 5.97 Å². The maximum atomic E-state index is 11.0. The van der Waals surface area contributed by atoms with Crippen molar-refractivity contribution in [3.63, 3.8) is 0 Å². The van der Waals surface area contributed by atoms with Crippen molar-refractivity contribution in [2.75, 3.05) is 0 Å². The van der Waals surface area contributed by atoms with Crippen molar-refractivity contribution in [2.24, 2.45) is 7.05 Å². The van der Waals surface area contributed by atoms with Crippen LogP contribution in [-0.4, -0.2) is 26.1 Å². The third-order valence-electron chi connectivity index (χ3n) is 2.05. The zero-order chi connectivity index (χ0) is 11.4. The normalized spacial score (nSPS) is 12.7. The van der Waals surface area contributed by atoms with Crippen LogP contribution in [0.15, 0.2) is 11.1 Å². The Bertz CT molecular complexity index is 349. The number of nitrogens with zero attached hydrogens (tertiary/aromatic N) is 2. The van der Waals surface area contributed by atoms with Gasteiger partial charge < -0.3 is 5.11 Å². The number of aryl methyl sites for hydroxylation is 2. The number of carbonyl (C=O) groups is 1. The number of rotatable bonds is 5. The standard InChI is InChI=1S/C10H16N2O2S/c1-4-5-8(10(13)14)15-9-6-7(2)11-12(9)3/h6,8H,4-5H2,1-3H3,(H,13,14). The highest BCUT2D eigenvalue weighted by Crippen LogP contribution is 2.26. The van der Waals surface area contributed by atoms with Crippen molar-refractivity contribution in [1.82, 2.24) is 9.78 Å². The fraction of sp³-hybridized carbons (Fsp3) is 0.600. The summed E-state index contributed by atoms with van der Waals surface area (Å²) in [4.78, 5) is 11.0. The van der Waals surface area contributed by atoms with E-state index in [1.165, 1.54) is 11.8 Å². The van der Waals surface area contributed by atoms with Crippen LogP contribution in [0, 0.1) is 6.92 Å². The van der Waals surface area contributed by atoms with Gasteiger partial charge in [-0.3, -0.25) is 9.48 Å². The fourth-order valence-electron chi connectivity index (χ4n) is 1.34. The largest absolute Gasteiger partial charge is 0.480 e. The summed E-state index contributed by atoms with van der Waals surface area (Å²) in [7, 11) is 1.83. The molecule has 0 bridgehead atoms. The molecule has 15 heavy (non-hydrogen) atoms. The highest BCUT2D eigenvalue weighted by molar-refractivity contribution is 8.00.